The minimum atomic E-state index is 0.481. The summed E-state index contributed by atoms with van der Waals surface area (Å²) < 4.78 is 2.10. The van der Waals surface area contributed by atoms with E-state index < -0.39 is 0 Å². The van der Waals surface area contributed by atoms with E-state index in [0.717, 1.165) is 36.8 Å². The van der Waals surface area contributed by atoms with Gasteiger partial charge in [-0.15, -0.1) is 0 Å². The molecule has 3 aromatic heterocycles. The van der Waals surface area contributed by atoms with Crippen molar-refractivity contribution >= 4 is 0 Å². The molecule has 1 aliphatic heterocycles. The van der Waals surface area contributed by atoms with Crippen LogP contribution in [-0.2, 0) is 13.6 Å². The number of hydrogen-bond donors (Lipinski definition) is 0. The van der Waals surface area contributed by atoms with Gasteiger partial charge in [0.15, 0.2) is 0 Å². The second kappa shape index (κ2) is 7.38. The van der Waals surface area contributed by atoms with Crippen molar-refractivity contribution < 1.29 is 0 Å². The van der Waals surface area contributed by atoms with E-state index in [9.17, 15) is 0 Å². The molecule has 0 spiro atoms. The Hall–Kier alpha value is -2.53. The molecule has 0 N–H and O–H groups in total. The molecule has 4 rings (SSSR count). The van der Waals surface area contributed by atoms with Gasteiger partial charge in [0, 0.05) is 44.1 Å². The molecule has 5 nitrogen and oxygen atoms in total. The lowest BCUT2D eigenvalue weighted by Crippen LogP contribution is -2.34. The lowest BCUT2D eigenvalue weighted by atomic mass is 9.93. The zero-order valence-electron chi connectivity index (χ0n) is 15.5. The maximum atomic E-state index is 4.98. The van der Waals surface area contributed by atoms with Gasteiger partial charge in [-0.05, 0) is 50.1 Å². The molecule has 0 bridgehead atoms. The number of aryl methyl sites for hydroxylation is 1. The Morgan fingerprint density at radius 1 is 1.15 bits per heavy atom. The van der Waals surface area contributed by atoms with Gasteiger partial charge in [-0.2, -0.15) is 0 Å². The van der Waals surface area contributed by atoms with Gasteiger partial charge >= 0.3 is 0 Å². The monoisotopic (exact) mass is 347 g/mol. The van der Waals surface area contributed by atoms with Gasteiger partial charge in [-0.1, -0.05) is 12.1 Å². The van der Waals surface area contributed by atoms with Crippen LogP contribution in [0.5, 0.6) is 0 Å². The van der Waals surface area contributed by atoms with E-state index in [1.165, 1.54) is 24.1 Å². The van der Waals surface area contributed by atoms with Gasteiger partial charge < -0.3 is 4.57 Å². The largest absolute Gasteiger partial charge is 0.330 e. The third-order valence-electron chi connectivity index (χ3n) is 5.31. The van der Waals surface area contributed by atoms with Crippen molar-refractivity contribution in [3.8, 4) is 11.4 Å². The van der Waals surface area contributed by atoms with Gasteiger partial charge in [0.1, 0.15) is 5.82 Å². The first-order valence-electron chi connectivity index (χ1n) is 9.27. The molecule has 134 valence electrons. The Labute approximate surface area is 154 Å². The standard InChI is InChI=1S/C21H25N5/c1-16-23-13-21(25(16)2)20-9-3-8-19(24-20)18-7-5-11-26(15-18)14-17-6-4-10-22-12-17/h3-4,6,8-10,12-13,18H,5,7,11,14-15H2,1-2H3/t18-/m1/s1. The predicted molar refractivity (Wildman–Crippen MR) is 103 cm³/mol. The van der Waals surface area contributed by atoms with Crippen LogP contribution in [0.15, 0.2) is 48.9 Å². The first kappa shape index (κ1) is 16.9. The molecule has 4 heterocycles. The molecule has 0 amide bonds. The van der Waals surface area contributed by atoms with Crippen molar-refractivity contribution in [3.05, 3.63) is 66.0 Å². The van der Waals surface area contributed by atoms with E-state index in [1.54, 1.807) is 0 Å². The lowest BCUT2D eigenvalue weighted by Gasteiger charge is -2.32. The SMILES string of the molecule is Cc1ncc(-c2cccc([C@@H]3CCCN(Cc4cccnc4)C3)n2)n1C. The van der Waals surface area contributed by atoms with E-state index in [4.69, 9.17) is 4.98 Å². The number of likely N-dealkylation sites (tertiary alicyclic amines) is 1. The highest BCUT2D eigenvalue weighted by Gasteiger charge is 2.23. The summed E-state index contributed by atoms with van der Waals surface area (Å²) in [5.74, 6) is 1.49. The number of aromatic nitrogens is 4. The average molecular weight is 347 g/mol. The normalized spacial score (nSPS) is 18.2. The van der Waals surface area contributed by atoms with Crippen LogP contribution in [-0.4, -0.2) is 37.5 Å². The van der Waals surface area contributed by atoms with E-state index in [2.05, 4.69) is 43.7 Å². The fourth-order valence-electron chi connectivity index (χ4n) is 3.75. The first-order chi connectivity index (χ1) is 12.7. The summed E-state index contributed by atoms with van der Waals surface area (Å²) in [7, 11) is 2.04. The lowest BCUT2D eigenvalue weighted by molar-refractivity contribution is 0.198. The highest BCUT2D eigenvalue weighted by Crippen LogP contribution is 2.28. The van der Waals surface area contributed by atoms with Crippen molar-refractivity contribution in [2.75, 3.05) is 13.1 Å². The van der Waals surface area contributed by atoms with Crippen LogP contribution in [0.2, 0.25) is 0 Å². The molecule has 3 aromatic rings. The van der Waals surface area contributed by atoms with Crippen LogP contribution in [0.1, 0.15) is 35.8 Å². The Kier molecular flexibility index (Phi) is 4.80. The van der Waals surface area contributed by atoms with Crippen LogP contribution in [0.25, 0.3) is 11.4 Å². The van der Waals surface area contributed by atoms with E-state index in [1.807, 2.05) is 38.6 Å². The van der Waals surface area contributed by atoms with E-state index in [0.29, 0.717) is 5.92 Å². The quantitative estimate of drug-likeness (QED) is 0.724. The Bertz CT molecular complexity index is 871. The molecular formula is C21H25N5. The summed E-state index contributed by atoms with van der Waals surface area (Å²) >= 11 is 0. The molecule has 1 saturated heterocycles. The van der Waals surface area contributed by atoms with Gasteiger partial charge in [-0.3, -0.25) is 14.9 Å². The van der Waals surface area contributed by atoms with Crippen molar-refractivity contribution in [3.63, 3.8) is 0 Å². The predicted octanol–water partition coefficient (Wildman–Crippen LogP) is 3.57. The minimum absolute atomic E-state index is 0.481. The van der Waals surface area contributed by atoms with Crippen LogP contribution >= 0.6 is 0 Å². The molecule has 0 aliphatic carbocycles. The molecule has 0 saturated carbocycles. The third kappa shape index (κ3) is 3.53. The Morgan fingerprint density at radius 2 is 2.08 bits per heavy atom. The molecule has 0 radical (unpaired) electrons. The fourth-order valence-corrected chi connectivity index (χ4v) is 3.75. The average Bonchev–Trinajstić information content (AvgIpc) is 3.02. The molecule has 1 atom stereocenters. The number of pyridine rings is 2. The van der Waals surface area contributed by atoms with Crippen molar-refractivity contribution in [2.24, 2.45) is 7.05 Å². The molecule has 0 aromatic carbocycles. The highest BCUT2D eigenvalue weighted by molar-refractivity contribution is 5.54. The summed E-state index contributed by atoms with van der Waals surface area (Å²) in [5, 5.41) is 0. The van der Waals surface area contributed by atoms with Crippen LogP contribution in [0, 0.1) is 6.92 Å². The highest BCUT2D eigenvalue weighted by atomic mass is 15.1. The zero-order chi connectivity index (χ0) is 17.9. The second-order valence-electron chi connectivity index (χ2n) is 7.13. The van der Waals surface area contributed by atoms with Crippen molar-refractivity contribution in [2.45, 2.75) is 32.2 Å². The van der Waals surface area contributed by atoms with Gasteiger partial charge in [0.25, 0.3) is 0 Å². The maximum absolute atomic E-state index is 4.98. The molecule has 1 aliphatic rings. The number of piperidine rings is 1. The number of hydrogen-bond acceptors (Lipinski definition) is 4. The maximum Gasteiger partial charge on any atom is 0.105 e. The van der Waals surface area contributed by atoms with E-state index in [-0.39, 0.29) is 0 Å². The number of rotatable bonds is 4. The van der Waals surface area contributed by atoms with Gasteiger partial charge in [0.05, 0.1) is 17.6 Å². The van der Waals surface area contributed by atoms with Crippen LogP contribution < -0.4 is 0 Å². The zero-order valence-corrected chi connectivity index (χ0v) is 15.5. The summed E-state index contributed by atoms with van der Waals surface area (Å²) in [6.45, 7) is 5.18. The van der Waals surface area contributed by atoms with Crippen LogP contribution in [0.4, 0.5) is 0 Å². The summed E-state index contributed by atoms with van der Waals surface area (Å²) in [6.07, 6.45) is 8.12. The van der Waals surface area contributed by atoms with Gasteiger partial charge in [-0.25, -0.2) is 4.98 Å². The summed E-state index contributed by atoms with van der Waals surface area (Å²) in [5.41, 5.74) is 4.56. The van der Waals surface area contributed by atoms with Crippen molar-refractivity contribution in [1.82, 2.24) is 24.4 Å². The Morgan fingerprint density at radius 3 is 2.85 bits per heavy atom. The molecular weight excluding hydrogens is 322 g/mol. The van der Waals surface area contributed by atoms with E-state index >= 15 is 0 Å². The fraction of sp³-hybridized carbons (Fsp3) is 0.381. The first-order valence-corrected chi connectivity index (χ1v) is 9.27. The molecule has 1 fully saturated rings. The molecule has 0 unspecified atom stereocenters. The van der Waals surface area contributed by atoms with Gasteiger partial charge in [0.2, 0.25) is 0 Å². The number of nitrogens with zero attached hydrogens (tertiary/aromatic N) is 5. The van der Waals surface area contributed by atoms with Crippen molar-refractivity contribution in [1.29, 1.82) is 0 Å². The summed E-state index contributed by atoms with van der Waals surface area (Å²) in [6, 6.07) is 10.5. The third-order valence-corrected chi connectivity index (χ3v) is 5.31. The topological polar surface area (TPSA) is 46.8 Å². The molecule has 26 heavy (non-hydrogen) atoms. The Balaban J connectivity index is 1.52. The molecule has 5 heteroatoms. The minimum Gasteiger partial charge on any atom is -0.330 e. The second-order valence-corrected chi connectivity index (χ2v) is 7.13. The smallest absolute Gasteiger partial charge is 0.105 e. The summed E-state index contributed by atoms with van der Waals surface area (Å²) in [4.78, 5) is 16.1. The number of imidazole rings is 1. The van der Waals surface area contributed by atoms with Crippen LogP contribution in [0.3, 0.4) is 0 Å².